The van der Waals surface area contributed by atoms with Crippen LogP contribution in [0, 0.1) is 0 Å². The van der Waals surface area contributed by atoms with Crippen LogP contribution in [0.5, 0.6) is 0 Å². The molecule has 0 spiro atoms. The Balaban J connectivity index is 5.41. The van der Waals surface area contributed by atoms with Crippen molar-refractivity contribution in [1.29, 1.82) is 0 Å². The molecule has 0 fully saturated rings. The van der Waals surface area contributed by atoms with E-state index in [4.69, 9.17) is 0 Å². The van der Waals surface area contributed by atoms with Crippen molar-refractivity contribution in [1.82, 2.24) is 0 Å². The Morgan fingerprint density at radius 1 is 0.450 bits per heavy atom. The van der Waals surface area contributed by atoms with Gasteiger partial charge in [0.2, 0.25) is 0 Å². The van der Waals surface area contributed by atoms with Gasteiger partial charge in [-0.1, -0.05) is 23.6 Å². The maximum absolute atomic E-state index is 12.1. The second-order valence-electron chi connectivity index (χ2n) is 3.99. The fraction of sp³-hybridized carbons (Fsp3) is 0.143. The lowest BCUT2D eigenvalue weighted by molar-refractivity contribution is 0.497. The molecule has 0 atom stereocenters. The third-order valence-electron chi connectivity index (χ3n) is 1.89. The van der Waals surface area contributed by atoms with Gasteiger partial charge in [0.25, 0.3) is 0 Å². The van der Waals surface area contributed by atoms with E-state index >= 15 is 0 Å². The highest BCUT2D eigenvalue weighted by Crippen LogP contribution is 2.20. The van der Waals surface area contributed by atoms with Gasteiger partial charge in [0.05, 0.1) is 0 Å². The van der Waals surface area contributed by atoms with Gasteiger partial charge >= 0.3 is 27.2 Å². The lowest BCUT2D eigenvalue weighted by atomic mass is 11.2. The molecule has 0 saturated heterocycles. The lowest BCUT2D eigenvalue weighted by Crippen LogP contribution is -2.28. The molecule has 0 rings (SSSR count). The van der Waals surface area contributed by atoms with Crippen molar-refractivity contribution in [2.24, 2.45) is 0 Å². The van der Waals surface area contributed by atoms with Crippen molar-refractivity contribution in [3.05, 3.63) is 34.2 Å². The van der Waals surface area contributed by atoms with Crippen LogP contribution in [-0.2, 0) is 0 Å². The average Bonchev–Trinajstić information content (AvgIpc) is 2.18. The lowest BCUT2D eigenvalue weighted by Gasteiger charge is -2.14. The molecule has 0 radical (unpaired) electrons. The smallest absolute Gasteiger partial charge is 0.234 e. The second-order valence-corrected chi connectivity index (χ2v) is 12.0. The average molecular weight is 376 g/mol. The van der Waals surface area contributed by atoms with E-state index in [1.807, 2.05) is 0 Å². The minimum absolute atomic E-state index is 0.191. The fourth-order valence-electron chi connectivity index (χ4n) is 0.989. The third kappa shape index (κ3) is 11.3. The summed E-state index contributed by atoms with van der Waals surface area (Å²) in [5, 5.41) is 0. The van der Waals surface area contributed by atoms with E-state index in [2.05, 4.69) is 0 Å². The molecule has 0 aliphatic carbocycles. The van der Waals surface area contributed by atoms with Crippen LogP contribution in [0.1, 0.15) is 0 Å². The molecule has 0 aromatic heterocycles. The molecule has 0 bridgehead atoms. The van der Waals surface area contributed by atoms with Crippen LogP contribution >= 0.6 is 0 Å². The predicted octanol–water partition coefficient (Wildman–Crippen LogP) is 4.51. The molecule has 0 aromatic rings. The van der Waals surface area contributed by atoms with E-state index in [-0.39, 0.29) is 17.1 Å². The minimum atomic E-state index is -6.17. The molecule has 0 unspecified atom stereocenters. The number of halogens is 9. The summed E-state index contributed by atoms with van der Waals surface area (Å²) in [6, 6.07) is 0. The first-order chi connectivity index (χ1) is 8.62. The Kier molecular flexibility index (Phi) is 6.31. The molecular formula is C7H9F9Si4. The molecule has 0 N–H and O–H groups in total. The van der Waals surface area contributed by atoms with E-state index in [1.165, 1.54) is 0 Å². The Morgan fingerprint density at radius 3 is 0.800 bits per heavy atom. The standard InChI is InChI=1S/C7H9F9Si4/c1-17(2-5-18(8,9)10,3-6-19(11,12)13)4-7-20(14,15)16/h2-7H,1H3. The summed E-state index contributed by atoms with van der Waals surface area (Å²) in [6.45, 7) is 0.983. The fourth-order valence-corrected chi connectivity index (χ4v) is 7.90. The molecule has 0 nitrogen and oxygen atoms in total. The molecule has 0 heterocycles. The second kappa shape index (κ2) is 6.48. The first kappa shape index (κ1) is 19.5. The van der Waals surface area contributed by atoms with E-state index in [9.17, 15) is 37.0 Å². The van der Waals surface area contributed by atoms with Crippen molar-refractivity contribution in [2.75, 3.05) is 0 Å². The maximum atomic E-state index is 12.1. The molecule has 0 aromatic carbocycles. The summed E-state index contributed by atoms with van der Waals surface area (Å²) in [5.74, 6) is 0. The van der Waals surface area contributed by atoms with E-state index in [0.717, 1.165) is 6.55 Å². The minimum Gasteiger partial charge on any atom is -0.234 e. The summed E-state index contributed by atoms with van der Waals surface area (Å²) >= 11 is 0. The summed E-state index contributed by atoms with van der Waals surface area (Å²) in [6.07, 6.45) is 0. The molecule has 20 heavy (non-hydrogen) atoms. The Hall–Kier alpha value is -0.542. The van der Waals surface area contributed by atoms with Crippen LogP contribution < -0.4 is 0 Å². The first-order valence-corrected chi connectivity index (χ1v) is 12.8. The van der Waals surface area contributed by atoms with Gasteiger partial charge in [-0.15, -0.1) is 0 Å². The van der Waals surface area contributed by atoms with Gasteiger partial charge in [0.1, 0.15) is 8.07 Å². The van der Waals surface area contributed by atoms with Gasteiger partial charge in [-0.25, -0.2) is 37.0 Å². The predicted molar refractivity (Wildman–Crippen MR) is 66.3 cm³/mol. The molecular weight excluding hydrogens is 367 g/mol. The molecule has 13 heteroatoms. The van der Waals surface area contributed by atoms with Crippen molar-refractivity contribution >= 4 is 35.3 Å². The zero-order valence-corrected chi connectivity index (χ0v) is 13.9. The molecule has 0 amide bonds. The molecule has 0 aliphatic heterocycles. The highest BCUT2D eigenvalue weighted by Gasteiger charge is 2.38. The van der Waals surface area contributed by atoms with E-state index in [0.29, 0.717) is 17.1 Å². The van der Waals surface area contributed by atoms with Crippen molar-refractivity contribution in [2.45, 2.75) is 6.55 Å². The molecule has 116 valence electrons. The van der Waals surface area contributed by atoms with Gasteiger partial charge in [0.15, 0.2) is 0 Å². The van der Waals surface area contributed by atoms with Gasteiger partial charge in [-0.2, -0.15) is 0 Å². The molecule has 0 saturated carbocycles. The van der Waals surface area contributed by atoms with Crippen LogP contribution in [0.2, 0.25) is 6.55 Å². The zero-order valence-electron chi connectivity index (χ0n) is 9.87. The summed E-state index contributed by atoms with van der Waals surface area (Å²) in [5.41, 5.74) is 0.781. The van der Waals surface area contributed by atoms with Crippen LogP contribution in [0.25, 0.3) is 0 Å². The van der Waals surface area contributed by atoms with Gasteiger partial charge in [0, 0.05) is 0 Å². The Morgan fingerprint density at radius 2 is 0.650 bits per heavy atom. The van der Waals surface area contributed by atoms with Crippen LogP contribution in [0.4, 0.5) is 37.0 Å². The maximum Gasteiger partial charge on any atom is 0.644 e. The number of hydrogen-bond acceptors (Lipinski definition) is 0. The Bertz CT molecular complexity index is 340. The van der Waals surface area contributed by atoms with Crippen LogP contribution in [-0.4, -0.2) is 35.3 Å². The normalized spacial score (nSPS) is 18.3. The highest BCUT2D eigenvalue weighted by atomic mass is 28.5. The largest absolute Gasteiger partial charge is 0.644 e. The number of rotatable bonds is 6. The summed E-state index contributed by atoms with van der Waals surface area (Å²) in [4.78, 5) is 0. The monoisotopic (exact) mass is 376 g/mol. The van der Waals surface area contributed by atoms with E-state index < -0.39 is 35.3 Å². The molecule has 0 aliphatic rings. The first-order valence-electron chi connectivity index (χ1n) is 4.93. The van der Waals surface area contributed by atoms with Crippen molar-refractivity contribution < 1.29 is 37.0 Å². The highest BCUT2D eigenvalue weighted by molar-refractivity contribution is 6.94. The van der Waals surface area contributed by atoms with Gasteiger partial charge in [-0.05, 0) is 17.1 Å². The number of hydrogen-bond donors (Lipinski definition) is 0. The van der Waals surface area contributed by atoms with E-state index in [1.54, 1.807) is 0 Å². The Labute approximate surface area is 113 Å². The quantitative estimate of drug-likeness (QED) is 0.363. The van der Waals surface area contributed by atoms with Crippen LogP contribution in [0.15, 0.2) is 34.2 Å². The van der Waals surface area contributed by atoms with Gasteiger partial charge < -0.3 is 0 Å². The zero-order chi connectivity index (χ0) is 16.2. The summed E-state index contributed by atoms with van der Waals surface area (Å²) in [7, 11) is -22.2. The third-order valence-corrected chi connectivity index (χ3v) is 7.18. The van der Waals surface area contributed by atoms with Crippen LogP contribution in [0.3, 0.4) is 0 Å². The SMILES string of the molecule is C[Si](C=C[Si](F)(F)F)(C=C[Si](F)(F)F)C=C[Si](F)(F)F. The van der Waals surface area contributed by atoms with Crippen molar-refractivity contribution in [3.63, 3.8) is 0 Å². The summed E-state index contributed by atoms with van der Waals surface area (Å²) < 4.78 is 109. The van der Waals surface area contributed by atoms with Gasteiger partial charge in [-0.3, -0.25) is 0 Å². The van der Waals surface area contributed by atoms with Crippen molar-refractivity contribution in [3.8, 4) is 0 Å². The topological polar surface area (TPSA) is 0 Å².